The Balaban J connectivity index is 0.00000225. The van der Waals surface area contributed by atoms with Crippen LogP contribution < -0.4 is 38.2 Å². The minimum atomic E-state index is -2.02. The van der Waals surface area contributed by atoms with E-state index in [4.69, 9.17) is 0 Å². The summed E-state index contributed by atoms with van der Waals surface area (Å²) in [6.07, 6.45) is 0. The number of hydrogen-bond acceptors (Lipinski definition) is 1. The first-order valence-electron chi connectivity index (χ1n) is 9.12. The van der Waals surface area contributed by atoms with Crippen molar-refractivity contribution in [1.29, 1.82) is 0 Å². The van der Waals surface area contributed by atoms with Gasteiger partial charge in [0, 0.05) is 0 Å². The van der Waals surface area contributed by atoms with Crippen molar-refractivity contribution in [3.8, 4) is 0 Å². The van der Waals surface area contributed by atoms with E-state index in [1.165, 1.54) is 21.2 Å². The first-order valence-corrected chi connectivity index (χ1v) is 10.9. The Labute approximate surface area is 177 Å². The van der Waals surface area contributed by atoms with Gasteiger partial charge in [-0.05, 0) is 54.1 Å². The fraction of sp³-hybridized carbons (Fsp3) is 0.0400. The third-order valence-electron chi connectivity index (χ3n) is 4.94. The zero-order valence-corrected chi connectivity index (χ0v) is 17.9. The number of rotatable bonds is 5. The van der Waals surface area contributed by atoms with Crippen LogP contribution in [0.3, 0.4) is 0 Å². The molecule has 0 aromatic heterocycles. The van der Waals surface area contributed by atoms with E-state index < -0.39 is 7.26 Å². The Hall–Kier alpha value is -2.25. The van der Waals surface area contributed by atoms with Crippen molar-refractivity contribution in [3.05, 3.63) is 121 Å². The monoisotopic (exact) mass is 448 g/mol. The zero-order chi connectivity index (χ0) is 18.5. The van der Waals surface area contributed by atoms with Gasteiger partial charge in [0.2, 0.25) is 0 Å². The minimum Gasteiger partial charge on any atom is -1.00 e. The van der Waals surface area contributed by atoms with Crippen molar-refractivity contribution >= 4 is 28.5 Å². The summed E-state index contributed by atoms with van der Waals surface area (Å²) in [7, 11) is -2.02. The molecule has 4 rings (SSSR count). The fourth-order valence-corrected chi connectivity index (χ4v) is 7.92. The van der Waals surface area contributed by atoms with Crippen LogP contribution in [0.5, 0.6) is 0 Å². The van der Waals surface area contributed by atoms with Gasteiger partial charge in [0.05, 0.1) is 6.61 Å². The molecule has 0 spiro atoms. The first kappa shape index (κ1) is 20.5. The standard InChI is InChI=1S/C25H22OP.BrH/c26-20-21-16-18-25(19-17-21)27(22-10-4-1-5-11-22,23-12-6-2-7-13-23)24-14-8-3-9-15-24;/h1-19,26H,20H2;1H/q+1;/p-1. The molecule has 0 aliphatic carbocycles. The average molecular weight is 449 g/mol. The van der Waals surface area contributed by atoms with Crippen molar-refractivity contribution in [3.63, 3.8) is 0 Å². The topological polar surface area (TPSA) is 20.2 Å². The van der Waals surface area contributed by atoms with Crippen molar-refractivity contribution in [2.75, 3.05) is 0 Å². The lowest BCUT2D eigenvalue weighted by molar-refractivity contribution is -0.00000610. The third-order valence-corrected chi connectivity index (χ3v) is 9.23. The molecular formula is C25H22BrOP. The Morgan fingerprint density at radius 3 is 1.11 bits per heavy atom. The van der Waals surface area contributed by atoms with E-state index in [1.54, 1.807) is 0 Å². The molecular weight excluding hydrogens is 427 g/mol. The smallest absolute Gasteiger partial charge is 0.144 e. The van der Waals surface area contributed by atoms with Gasteiger partial charge in [-0.3, -0.25) is 0 Å². The van der Waals surface area contributed by atoms with Gasteiger partial charge in [0.25, 0.3) is 0 Å². The Kier molecular flexibility index (Phi) is 6.80. The van der Waals surface area contributed by atoms with E-state index in [2.05, 4.69) is 103 Å². The van der Waals surface area contributed by atoms with E-state index >= 15 is 0 Å². The molecule has 3 heteroatoms. The fourth-order valence-electron chi connectivity index (χ4n) is 3.67. The molecule has 0 unspecified atom stereocenters. The molecule has 0 saturated heterocycles. The van der Waals surface area contributed by atoms with Gasteiger partial charge in [-0.1, -0.05) is 66.7 Å². The van der Waals surface area contributed by atoms with Crippen LogP contribution in [-0.2, 0) is 6.61 Å². The van der Waals surface area contributed by atoms with Crippen LogP contribution in [0.15, 0.2) is 115 Å². The van der Waals surface area contributed by atoms with Crippen molar-refractivity contribution in [2.24, 2.45) is 0 Å². The molecule has 0 aliphatic heterocycles. The maximum Gasteiger partial charge on any atom is 0.144 e. The summed E-state index contributed by atoms with van der Waals surface area (Å²) in [6, 6.07) is 40.9. The molecule has 4 aromatic carbocycles. The van der Waals surface area contributed by atoms with Crippen LogP contribution in [-0.4, -0.2) is 5.11 Å². The van der Waals surface area contributed by atoms with E-state index in [-0.39, 0.29) is 23.6 Å². The summed E-state index contributed by atoms with van der Waals surface area (Å²) in [6.45, 7) is 0.0632. The SMILES string of the molecule is OCc1ccc([P+](c2ccccc2)(c2ccccc2)c2ccccc2)cc1.[Br-]. The lowest BCUT2D eigenvalue weighted by Gasteiger charge is -2.27. The second-order valence-electron chi connectivity index (χ2n) is 6.50. The van der Waals surface area contributed by atoms with E-state index in [0.717, 1.165) is 5.56 Å². The van der Waals surface area contributed by atoms with Crippen LogP contribution in [0.1, 0.15) is 5.56 Å². The van der Waals surface area contributed by atoms with Gasteiger partial charge in [-0.2, -0.15) is 0 Å². The van der Waals surface area contributed by atoms with Crippen molar-refractivity contribution < 1.29 is 22.1 Å². The number of aliphatic hydroxyl groups is 1. The van der Waals surface area contributed by atoms with Gasteiger partial charge in [-0.15, -0.1) is 0 Å². The second kappa shape index (κ2) is 9.30. The highest BCUT2D eigenvalue weighted by atomic mass is 79.9. The second-order valence-corrected chi connectivity index (χ2v) is 9.91. The summed E-state index contributed by atoms with van der Waals surface area (Å²) in [4.78, 5) is 0. The van der Waals surface area contributed by atoms with Crippen LogP contribution in [0, 0.1) is 0 Å². The molecule has 0 heterocycles. The van der Waals surface area contributed by atoms with Crippen molar-refractivity contribution in [2.45, 2.75) is 6.61 Å². The Morgan fingerprint density at radius 2 is 0.786 bits per heavy atom. The molecule has 0 fully saturated rings. The molecule has 0 saturated carbocycles. The number of hydrogen-bond donors (Lipinski definition) is 1. The van der Waals surface area contributed by atoms with E-state index in [1.807, 2.05) is 12.1 Å². The summed E-state index contributed by atoms with van der Waals surface area (Å²) in [5.74, 6) is 0. The normalized spacial score (nSPS) is 10.9. The third kappa shape index (κ3) is 3.69. The highest BCUT2D eigenvalue weighted by Gasteiger charge is 2.47. The summed E-state index contributed by atoms with van der Waals surface area (Å²) >= 11 is 0. The van der Waals surface area contributed by atoms with Crippen molar-refractivity contribution in [1.82, 2.24) is 0 Å². The molecule has 0 aliphatic rings. The van der Waals surface area contributed by atoms with Gasteiger partial charge in [0.15, 0.2) is 0 Å². The van der Waals surface area contributed by atoms with E-state index in [0.29, 0.717) is 0 Å². The minimum absolute atomic E-state index is 0. The number of benzene rings is 4. The summed E-state index contributed by atoms with van der Waals surface area (Å²) in [5.41, 5.74) is 0.936. The summed E-state index contributed by atoms with van der Waals surface area (Å²) in [5, 5.41) is 14.8. The van der Waals surface area contributed by atoms with E-state index in [9.17, 15) is 5.11 Å². The lowest BCUT2D eigenvalue weighted by Crippen LogP contribution is -3.00. The van der Waals surface area contributed by atoms with Gasteiger partial charge in [0.1, 0.15) is 28.5 Å². The molecule has 1 N–H and O–H groups in total. The largest absolute Gasteiger partial charge is 1.00 e. The molecule has 140 valence electrons. The quantitative estimate of drug-likeness (QED) is 0.448. The van der Waals surface area contributed by atoms with Crippen LogP contribution >= 0.6 is 7.26 Å². The molecule has 1 nitrogen and oxygen atoms in total. The summed E-state index contributed by atoms with van der Waals surface area (Å²) < 4.78 is 0. The number of aliphatic hydroxyl groups excluding tert-OH is 1. The zero-order valence-electron chi connectivity index (χ0n) is 15.4. The molecule has 4 aromatic rings. The van der Waals surface area contributed by atoms with Gasteiger partial charge in [-0.25, -0.2) is 0 Å². The highest BCUT2D eigenvalue weighted by Crippen LogP contribution is 2.54. The molecule has 0 amide bonds. The lowest BCUT2D eigenvalue weighted by atomic mass is 10.2. The Morgan fingerprint density at radius 1 is 0.464 bits per heavy atom. The maximum absolute atomic E-state index is 9.49. The number of halogens is 1. The molecule has 0 bridgehead atoms. The molecule has 0 radical (unpaired) electrons. The van der Waals surface area contributed by atoms with Gasteiger partial charge < -0.3 is 22.1 Å². The molecule has 28 heavy (non-hydrogen) atoms. The van der Waals surface area contributed by atoms with Crippen LogP contribution in [0.2, 0.25) is 0 Å². The predicted molar refractivity (Wildman–Crippen MR) is 117 cm³/mol. The predicted octanol–water partition coefficient (Wildman–Crippen LogP) is 0.802. The highest BCUT2D eigenvalue weighted by molar-refractivity contribution is 8.01. The average Bonchev–Trinajstić information content (AvgIpc) is 2.77. The Bertz CT molecular complexity index is 890. The van der Waals surface area contributed by atoms with Crippen LogP contribution in [0.4, 0.5) is 0 Å². The van der Waals surface area contributed by atoms with Gasteiger partial charge >= 0.3 is 0 Å². The molecule has 0 atom stereocenters. The van der Waals surface area contributed by atoms with Crippen LogP contribution in [0.25, 0.3) is 0 Å². The maximum atomic E-state index is 9.49. The first-order chi connectivity index (χ1) is 13.4.